The molecule has 0 radical (unpaired) electrons. The molecule has 4 saturated heterocycles. The number of nitrogens with one attached hydrogen (secondary N) is 2. The molecule has 130 valence electrons. The van der Waals surface area contributed by atoms with E-state index in [4.69, 9.17) is 0 Å². The van der Waals surface area contributed by atoms with E-state index in [0.717, 1.165) is 30.0 Å². The van der Waals surface area contributed by atoms with Gasteiger partial charge in [-0.05, 0) is 82.8 Å². The lowest BCUT2D eigenvalue weighted by Crippen LogP contribution is -2.72. The monoisotopic (exact) mass is 317 g/mol. The van der Waals surface area contributed by atoms with Crippen LogP contribution < -0.4 is 10.6 Å². The van der Waals surface area contributed by atoms with Gasteiger partial charge in [0, 0.05) is 30.1 Å². The van der Waals surface area contributed by atoms with Gasteiger partial charge in [0.2, 0.25) is 0 Å². The fraction of sp³-hybridized carbons (Fsp3) is 1.00. The number of rotatable bonds is 1. The second-order valence-electron chi connectivity index (χ2n) is 9.30. The van der Waals surface area contributed by atoms with Crippen LogP contribution in [0.4, 0.5) is 0 Å². The first-order valence-corrected chi connectivity index (χ1v) is 10.6. The number of hydrogen-bond donors (Lipinski definition) is 2. The van der Waals surface area contributed by atoms with Crippen molar-refractivity contribution in [3.8, 4) is 0 Å². The molecule has 3 heteroatoms. The van der Waals surface area contributed by atoms with Crippen molar-refractivity contribution < 1.29 is 0 Å². The molecule has 0 amide bonds. The summed E-state index contributed by atoms with van der Waals surface area (Å²) in [4.78, 5) is 2.94. The maximum absolute atomic E-state index is 4.04. The van der Waals surface area contributed by atoms with Crippen LogP contribution in [0.2, 0.25) is 0 Å². The fourth-order valence-electron chi connectivity index (χ4n) is 7.36. The van der Waals surface area contributed by atoms with Crippen molar-refractivity contribution in [1.29, 1.82) is 0 Å². The van der Waals surface area contributed by atoms with Gasteiger partial charge < -0.3 is 10.6 Å². The Hall–Kier alpha value is -0.120. The van der Waals surface area contributed by atoms with E-state index >= 15 is 0 Å². The number of nitrogens with zero attached hydrogens (tertiary/aromatic N) is 1. The van der Waals surface area contributed by atoms with Crippen LogP contribution in [0.3, 0.4) is 0 Å². The molecule has 5 aliphatic rings. The van der Waals surface area contributed by atoms with E-state index in [1.54, 1.807) is 0 Å². The third-order valence-electron chi connectivity index (χ3n) is 8.16. The van der Waals surface area contributed by atoms with Gasteiger partial charge in [-0.2, -0.15) is 0 Å². The maximum Gasteiger partial charge on any atom is 0.0179 e. The first-order valence-electron chi connectivity index (χ1n) is 10.6. The summed E-state index contributed by atoms with van der Waals surface area (Å²) in [6.45, 7) is 5.30. The highest BCUT2D eigenvalue weighted by Gasteiger charge is 2.58. The minimum absolute atomic E-state index is 0.530. The molecule has 4 heterocycles. The van der Waals surface area contributed by atoms with Crippen molar-refractivity contribution in [1.82, 2.24) is 15.5 Å². The molecular weight excluding hydrogens is 282 g/mol. The molecule has 6 atom stereocenters. The van der Waals surface area contributed by atoms with Crippen molar-refractivity contribution in [3.63, 3.8) is 0 Å². The van der Waals surface area contributed by atoms with Crippen molar-refractivity contribution in [2.45, 2.75) is 82.3 Å². The van der Waals surface area contributed by atoms with Crippen LogP contribution in [-0.4, -0.2) is 49.2 Å². The smallest absolute Gasteiger partial charge is 0.0179 e. The Kier molecular flexibility index (Phi) is 3.95. The number of fused-ring (bicyclic) bond motifs is 6. The van der Waals surface area contributed by atoms with E-state index in [-0.39, 0.29) is 0 Å². The first-order chi connectivity index (χ1) is 11.4. The molecule has 2 N–H and O–H groups in total. The molecule has 0 spiro atoms. The average Bonchev–Trinajstić information content (AvgIpc) is 2.63. The van der Waals surface area contributed by atoms with Crippen molar-refractivity contribution in [2.24, 2.45) is 17.3 Å². The zero-order valence-electron chi connectivity index (χ0n) is 14.7. The predicted molar refractivity (Wildman–Crippen MR) is 94.5 cm³/mol. The Morgan fingerprint density at radius 1 is 0.826 bits per heavy atom. The van der Waals surface area contributed by atoms with Gasteiger partial charge in [-0.3, -0.25) is 4.90 Å². The lowest BCUT2D eigenvalue weighted by molar-refractivity contribution is -0.117. The zero-order valence-corrected chi connectivity index (χ0v) is 14.7. The fourth-order valence-corrected chi connectivity index (χ4v) is 7.36. The molecule has 5 fully saturated rings. The summed E-state index contributed by atoms with van der Waals surface area (Å²) >= 11 is 0. The molecule has 1 unspecified atom stereocenters. The van der Waals surface area contributed by atoms with Gasteiger partial charge in [0.15, 0.2) is 0 Å². The van der Waals surface area contributed by atoms with Gasteiger partial charge in [0.1, 0.15) is 0 Å². The Labute approximate surface area is 142 Å². The molecule has 0 aromatic carbocycles. The topological polar surface area (TPSA) is 27.3 Å². The summed E-state index contributed by atoms with van der Waals surface area (Å²) in [5.41, 5.74) is 0.530. The summed E-state index contributed by atoms with van der Waals surface area (Å²) in [6.07, 6.45) is 14.6. The molecule has 1 saturated carbocycles. The third kappa shape index (κ3) is 2.41. The van der Waals surface area contributed by atoms with E-state index in [1.165, 1.54) is 90.4 Å². The van der Waals surface area contributed by atoms with E-state index in [9.17, 15) is 0 Å². The number of hydrogen-bond acceptors (Lipinski definition) is 3. The van der Waals surface area contributed by atoms with Crippen molar-refractivity contribution in [2.75, 3.05) is 26.2 Å². The van der Waals surface area contributed by atoms with Crippen molar-refractivity contribution in [3.05, 3.63) is 0 Å². The first kappa shape index (κ1) is 15.2. The van der Waals surface area contributed by atoms with Crippen LogP contribution in [-0.2, 0) is 0 Å². The quantitative estimate of drug-likeness (QED) is 0.779. The minimum atomic E-state index is 0.530. The summed E-state index contributed by atoms with van der Waals surface area (Å²) in [5, 5.41) is 8.04. The van der Waals surface area contributed by atoms with E-state index < -0.39 is 0 Å². The van der Waals surface area contributed by atoms with E-state index in [2.05, 4.69) is 15.5 Å². The Morgan fingerprint density at radius 3 is 2.65 bits per heavy atom. The van der Waals surface area contributed by atoms with Crippen LogP contribution >= 0.6 is 0 Å². The van der Waals surface area contributed by atoms with Gasteiger partial charge >= 0.3 is 0 Å². The Balaban J connectivity index is 1.50. The summed E-state index contributed by atoms with van der Waals surface area (Å²) < 4.78 is 0. The molecule has 0 aromatic heterocycles. The second kappa shape index (κ2) is 6.00. The average molecular weight is 318 g/mol. The molecule has 2 bridgehead atoms. The highest BCUT2D eigenvalue weighted by Crippen LogP contribution is 2.55. The zero-order chi connectivity index (χ0) is 15.3. The van der Waals surface area contributed by atoms with Gasteiger partial charge in [0.05, 0.1) is 0 Å². The largest absolute Gasteiger partial charge is 0.313 e. The lowest BCUT2D eigenvalue weighted by atomic mass is 9.52. The molecular formula is C20H35N3. The summed E-state index contributed by atoms with van der Waals surface area (Å²) in [7, 11) is 0. The van der Waals surface area contributed by atoms with Crippen molar-refractivity contribution >= 4 is 0 Å². The van der Waals surface area contributed by atoms with Crippen LogP contribution in [0.5, 0.6) is 0 Å². The second-order valence-corrected chi connectivity index (χ2v) is 9.30. The lowest BCUT2D eigenvalue weighted by Gasteiger charge is -2.64. The van der Waals surface area contributed by atoms with Gasteiger partial charge in [-0.15, -0.1) is 0 Å². The Bertz CT molecular complexity index is 431. The van der Waals surface area contributed by atoms with Gasteiger partial charge in [-0.1, -0.05) is 12.8 Å². The van der Waals surface area contributed by atoms with Crippen LogP contribution in [0.1, 0.15) is 64.2 Å². The number of piperidine rings is 4. The van der Waals surface area contributed by atoms with Gasteiger partial charge in [0.25, 0.3) is 0 Å². The molecule has 23 heavy (non-hydrogen) atoms. The normalized spacial score (nSPS) is 50.9. The van der Waals surface area contributed by atoms with Crippen LogP contribution in [0.25, 0.3) is 0 Å². The third-order valence-corrected chi connectivity index (χ3v) is 8.16. The van der Waals surface area contributed by atoms with E-state index in [0.29, 0.717) is 5.41 Å². The standard InChI is InChI=1S/C20H35N3/c1-3-9-21-18(8-1)20-13-16(12-15-6-5-10-22-19(15)20)17-7-2-4-11-23(17)14-20/h15-19,21-22H,1-14H2/t15-,16?,17-,18+,19+,20-/m1/s1. The molecule has 4 aliphatic heterocycles. The molecule has 5 rings (SSSR count). The SMILES string of the molecule is C1CC[C@@H]([C@]23CC(C[C@H]4CCCN[C@@H]42)[C@H]2CCCCN2C3)NC1. The Morgan fingerprint density at radius 2 is 1.74 bits per heavy atom. The summed E-state index contributed by atoms with van der Waals surface area (Å²) in [6, 6.07) is 2.51. The summed E-state index contributed by atoms with van der Waals surface area (Å²) in [5.74, 6) is 1.96. The van der Waals surface area contributed by atoms with E-state index in [1.807, 2.05) is 0 Å². The molecule has 3 nitrogen and oxygen atoms in total. The molecule has 0 aromatic rings. The highest BCUT2D eigenvalue weighted by atomic mass is 15.2. The predicted octanol–water partition coefficient (Wildman–Crippen LogP) is 2.76. The van der Waals surface area contributed by atoms with Crippen LogP contribution in [0, 0.1) is 17.3 Å². The highest BCUT2D eigenvalue weighted by molar-refractivity contribution is 5.14. The van der Waals surface area contributed by atoms with Gasteiger partial charge in [-0.25, -0.2) is 0 Å². The minimum Gasteiger partial charge on any atom is -0.313 e. The van der Waals surface area contributed by atoms with Crippen LogP contribution in [0.15, 0.2) is 0 Å². The molecule has 1 aliphatic carbocycles. The maximum atomic E-state index is 4.04.